The third-order valence-electron chi connectivity index (χ3n) is 4.61. The van der Waals surface area contributed by atoms with Crippen LogP contribution in [-0.2, 0) is 25.5 Å². The van der Waals surface area contributed by atoms with E-state index in [2.05, 4.69) is 5.10 Å². The molecule has 2 N–H and O–H groups in total. The zero-order chi connectivity index (χ0) is 19.2. The molecule has 0 saturated carbocycles. The van der Waals surface area contributed by atoms with Gasteiger partial charge < -0.3 is 15.4 Å². The van der Waals surface area contributed by atoms with E-state index in [9.17, 15) is 14.4 Å². The highest BCUT2D eigenvalue weighted by Crippen LogP contribution is 2.16. The van der Waals surface area contributed by atoms with Crippen molar-refractivity contribution in [3.63, 3.8) is 0 Å². The molecule has 1 aromatic carbocycles. The second-order valence-corrected chi connectivity index (χ2v) is 6.52. The van der Waals surface area contributed by atoms with E-state index in [-0.39, 0.29) is 30.8 Å². The van der Waals surface area contributed by atoms with Crippen LogP contribution in [0.3, 0.4) is 0 Å². The summed E-state index contributed by atoms with van der Waals surface area (Å²) in [7, 11) is 0. The van der Waals surface area contributed by atoms with Gasteiger partial charge in [0.1, 0.15) is 0 Å². The monoisotopic (exact) mass is 370 g/mol. The molecule has 142 valence electrons. The maximum atomic E-state index is 12.1. The van der Waals surface area contributed by atoms with Crippen molar-refractivity contribution in [1.29, 1.82) is 0 Å². The van der Waals surface area contributed by atoms with Gasteiger partial charge in [-0.05, 0) is 25.0 Å². The average Bonchev–Trinajstić information content (AvgIpc) is 3.15. The van der Waals surface area contributed by atoms with Crippen LogP contribution < -0.4 is 5.73 Å². The summed E-state index contributed by atoms with van der Waals surface area (Å²) in [6.07, 6.45) is 4.50. The first kappa shape index (κ1) is 18.6. The Labute approximate surface area is 156 Å². The molecule has 27 heavy (non-hydrogen) atoms. The number of hydrogen-bond acceptors (Lipinski definition) is 5. The highest BCUT2D eigenvalue weighted by Gasteiger charge is 2.26. The van der Waals surface area contributed by atoms with Gasteiger partial charge in [0.15, 0.2) is 6.61 Å². The van der Waals surface area contributed by atoms with E-state index in [0.717, 1.165) is 5.69 Å². The fraction of sp³-hybridized carbons (Fsp3) is 0.368. The van der Waals surface area contributed by atoms with Gasteiger partial charge in [-0.2, -0.15) is 5.10 Å². The number of para-hydroxylation sites is 1. The predicted octanol–water partition coefficient (Wildman–Crippen LogP) is 0.682. The van der Waals surface area contributed by atoms with Crippen LogP contribution in [0.15, 0.2) is 42.7 Å². The van der Waals surface area contributed by atoms with Crippen molar-refractivity contribution in [2.75, 3.05) is 19.7 Å². The molecule has 1 fully saturated rings. The van der Waals surface area contributed by atoms with E-state index in [0.29, 0.717) is 31.5 Å². The Hall–Kier alpha value is -3.16. The summed E-state index contributed by atoms with van der Waals surface area (Å²) in [5.74, 6) is -1.25. The summed E-state index contributed by atoms with van der Waals surface area (Å²) in [6, 6.07) is 9.55. The topological polar surface area (TPSA) is 108 Å². The van der Waals surface area contributed by atoms with Gasteiger partial charge in [-0.1, -0.05) is 18.2 Å². The van der Waals surface area contributed by atoms with Crippen molar-refractivity contribution in [2.45, 2.75) is 19.3 Å². The van der Waals surface area contributed by atoms with E-state index in [1.807, 2.05) is 30.3 Å². The molecule has 0 aliphatic carbocycles. The fourth-order valence-electron chi connectivity index (χ4n) is 3.04. The normalized spacial score (nSPS) is 14.7. The number of rotatable bonds is 6. The molecule has 8 nitrogen and oxygen atoms in total. The minimum absolute atomic E-state index is 0.0455. The van der Waals surface area contributed by atoms with Gasteiger partial charge in [0.05, 0.1) is 18.3 Å². The van der Waals surface area contributed by atoms with Crippen molar-refractivity contribution in [3.8, 4) is 5.69 Å². The molecule has 0 bridgehead atoms. The lowest BCUT2D eigenvalue weighted by Gasteiger charge is -2.30. The Morgan fingerprint density at radius 1 is 1.15 bits per heavy atom. The number of hydrogen-bond donors (Lipinski definition) is 1. The molecule has 0 radical (unpaired) electrons. The third kappa shape index (κ3) is 4.93. The molecule has 3 rings (SSSR count). The number of ether oxygens (including phenoxy) is 1. The van der Waals surface area contributed by atoms with Crippen LogP contribution in [0.25, 0.3) is 5.69 Å². The second kappa shape index (κ2) is 8.48. The molecule has 1 aliphatic rings. The third-order valence-corrected chi connectivity index (χ3v) is 4.61. The number of benzene rings is 1. The van der Waals surface area contributed by atoms with Crippen molar-refractivity contribution >= 4 is 17.8 Å². The molecular weight excluding hydrogens is 348 g/mol. The lowest BCUT2D eigenvalue weighted by Crippen LogP contribution is -2.43. The molecule has 1 saturated heterocycles. The molecule has 0 spiro atoms. The van der Waals surface area contributed by atoms with Crippen LogP contribution >= 0.6 is 0 Å². The van der Waals surface area contributed by atoms with Gasteiger partial charge >= 0.3 is 5.97 Å². The first-order valence-electron chi connectivity index (χ1n) is 8.84. The van der Waals surface area contributed by atoms with Crippen LogP contribution in [0.4, 0.5) is 0 Å². The second-order valence-electron chi connectivity index (χ2n) is 6.52. The van der Waals surface area contributed by atoms with Gasteiger partial charge in [0.25, 0.3) is 5.91 Å². The number of aromatic nitrogens is 2. The molecule has 1 aromatic heterocycles. The van der Waals surface area contributed by atoms with Gasteiger partial charge in [-0.25, -0.2) is 4.68 Å². The Morgan fingerprint density at radius 3 is 2.52 bits per heavy atom. The van der Waals surface area contributed by atoms with Crippen LogP contribution in [-0.4, -0.2) is 52.2 Å². The smallest absolute Gasteiger partial charge is 0.310 e. The Kier molecular flexibility index (Phi) is 5.85. The van der Waals surface area contributed by atoms with Crippen LogP contribution in [0.1, 0.15) is 18.4 Å². The van der Waals surface area contributed by atoms with Crippen LogP contribution in [0, 0.1) is 5.92 Å². The van der Waals surface area contributed by atoms with E-state index < -0.39 is 5.97 Å². The van der Waals surface area contributed by atoms with Gasteiger partial charge in [0, 0.05) is 30.8 Å². The van der Waals surface area contributed by atoms with Crippen molar-refractivity contribution < 1.29 is 19.1 Å². The summed E-state index contributed by atoms with van der Waals surface area (Å²) in [5, 5.41) is 4.23. The number of nitrogens with two attached hydrogens (primary N) is 1. The maximum absolute atomic E-state index is 12.1. The maximum Gasteiger partial charge on any atom is 0.310 e. The van der Waals surface area contributed by atoms with E-state index >= 15 is 0 Å². The Bertz CT molecular complexity index is 810. The zero-order valence-electron chi connectivity index (χ0n) is 14.9. The summed E-state index contributed by atoms with van der Waals surface area (Å²) in [6.45, 7) is 0.606. The van der Waals surface area contributed by atoms with E-state index in [1.54, 1.807) is 22.0 Å². The van der Waals surface area contributed by atoms with Crippen LogP contribution in [0.2, 0.25) is 0 Å². The Balaban J connectivity index is 1.44. The first-order chi connectivity index (χ1) is 13.0. The van der Waals surface area contributed by atoms with Gasteiger partial charge in [-0.3, -0.25) is 14.4 Å². The van der Waals surface area contributed by atoms with Crippen molar-refractivity contribution in [1.82, 2.24) is 14.7 Å². The fourth-order valence-corrected chi connectivity index (χ4v) is 3.04. The van der Waals surface area contributed by atoms with E-state index in [1.165, 1.54) is 0 Å². The van der Waals surface area contributed by atoms with E-state index in [4.69, 9.17) is 10.5 Å². The molecule has 1 aliphatic heterocycles. The summed E-state index contributed by atoms with van der Waals surface area (Å²) in [5.41, 5.74) is 6.88. The van der Waals surface area contributed by atoms with Crippen molar-refractivity contribution in [2.24, 2.45) is 11.7 Å². The number of esters is 1. The standard InChI is InChI=1S/C19H22N4O4/c20-19(26)15-6-8-22(9-7-15)17(24)13-27-18(25)10-14-11-21-23(12-14)16-4-2-1-3-5-16/h1-5,11-12,15H,6-10,13H2,(H2,20,26). The molecule has 0 atom stereocenters. The predicted molar refractivity (Wildman–Crippen MR) is 96.7 cm³/mol. The van der Waals surface area contributed by atoms with Crippen molar-refractivity contribution in [3.05, 3.63) is 48.3 Å². The number of carbonyl (C=O) groups excluding carboxylic acids is 3. The highest BCUT2D eigenvalue weighted by molar-refractivity contribution is 5.82. The molecule has 0 unspecified atom stereocenters. The minimum atomic E-state index is -0.483. The Morgan fingerprint density at radius 2 is 1.85 bits per heavy atom. The molecular formula is C19H22N4O4. The van der Waals surface area contributed by atoms with Gasteiger partial charge in [0.2, 0.25) is 5.91 Å². The lowest BCUT2D eigenvalue weighted by atomic mass is 9.96. The summed E-state index contributed by atoms with van der Waals surface area (Å²) < 4.78 is 6.77. The number of piperidine rings is 1. The molecule has 2 heterocycles. The SMILES string of the molecule is NC(=O)C1CCN(C(=O)COC(=O)Cc2cnn(-c3ccccc3)c2)CC1. The van der Waals surface area contributed by atoms with Crippen LogP contribution in [0.5, 0.6) is 0 Å². The molecule has 8 heteroatoms. The largest absolute Gasteiger partial charge is 0.455 e. The summed E-state index contributed by atoms with van der Waals surface area (Å²) in [4.78, 5) is 36.9. The zero-order valence-corrected chi connectivity index (χ0v) is 14.9. The number of carbonyl (C=O) groups is 3. The molecule has 2 aromatic rings. The number of likely N-dealkylation sites (tertiary alicyclic amines) is 1. The number of primary amides is 1. The summed E-state index contributed by atoms with van der Waals surface area (Å²) >= 11 is 0. The number of nitrogens with zero attached hydrogens (tertiary/aromatic N) is 3. The quantitative estimate of drug-likeness (QED) is 0.753. The van der Waals surface area contributed by atoms with Gasteiger partial charge in [-0.15, -0.1) is 0 Å². The highest BCUT2D eigenvalue weighted by atomic mass is 16.5. The average molecular weight is 370 g/mol. The lowest BCUT2D eigenvalue weighted by molar-refractivity contribution is -0.152. The minimum Gasteiger partial charge on any atom is -0.455 e. The number of amides is 2. The molecule has 2 amide bonds. The first-order valence-corrected chi connectivity index (χ1v) is 8.84.